The second-order valence-corrected chi connectivity index (χ2v) is 7.63. The van der Waals surface area contributed by atoms with E-state index in [9.17, 15) is 24.6 Å². The van der Waals surface area contributed by atoms with Crippen LogP contribution in [0.25, 0.3) is 0 Å². The van der Waals surface area contributed by atoms with Crippen molar-refractivity contribution in [2.75, 3.05) is 39.4 Å². The zero-order chi connectivity index (χ0) is 22.5. The molecular formula is C22H40N2Na2O6. The molecule has 0 aliphatic heterocycles. The molecule has 0 aromatic heterocycles. The average molecular weight is 475 g/mol. The number of rotatable bonds is 22. The zero-order valence-electron chi connectivity index (χ0n) is 20.6. The third-order valence-electron chi connectivity index (χ3n) is 4.89. The molecule has 0 aliphatic rings. The summed E-state index contributed by atoms with van der Waals surface area (Å²) in [7, 11) is 0. The Bertz CT molecular complexity index is 470. The van der Waals surface area contributed by atoms with E-state index in [0.29, 0.717) is 32.6 Å². The summed E-state index contributed by atoms with van der Waals surface area (Å²) in [5.74, 6) is -2.28. The number of amides is 1. The molecule has 0 fully saturated rings. The number of carbonyl (C=O) groups is 3. The molecule has 0 radical (unpaired) electrons. The fraction of sp³-hybridized carbons (Fsp3) is 0.864. The van der Waals surface area contributed by atoms with Gasteiger partial charge in [-0.15, -0.1) is 0 Å². The van der Waals surface area contributed by atoms with Gasteiger partial charge in [-0.3, -0.25) is 9.69 Å². The van der Waals surface area contributed by atoms with Crippen molar-refractivity contribution in [3.63, 3.8) is 0 Å². The van der Waals surface area contributed by atoms with Crippen LogP contribution in [0.1, 0.15) is 84.0 Å². The van der Waals surface area contributed by atoms with Gasteiger partial charge in [-0.05, 0) is 12.8 Å². The quantitative estimate of drug-likeness (QED) is 0.123. The molecule has 10 heteroatoms. The summed E-state index contributed by atoms with van der Waals surface area (Å²) in [6, 6.07) is 0. The molecule has 0 saturated heterocycles. The molecule has 0 spiro atoms. The second-order valence-electron chi connectivity index (χ2n) is 7.63. The molecule has 0 heterocycles. The first-order chi connectivity index (χ1) is 14.5. The van der Waals surface area contributed by atoms with E-state index in [1.54, 1.807) is 0 Å². The average Bonchev–Trinajstić information content (AvgIpc) is 2.69. The molecular weight excluding hydrogens is 434 g/mol. The SMILES string of the molecule is CCCCCCCCCCCC(=O)NCCN(CCOCCC(=O)[O-])CCC(=O)[O-].[Na+].[Na+]. The van der Waals surface area contributed by atoms with E-state index in [1.165, 1.54) is 44.9 Å². The topological polar surface area (TPSA) is 122 Å². The van der Waals surface area contributed by atoms with Crippen LogP contribution in [0.3, 0.4) is 0 Å². The summed E-state index contributed by atoms with van der Waals surface area (Å²) in [6.45, 7) is 4.24. The summed E-state index contributed by atoms with van der Waals surface area (Å²) < 4.78 is 5.21. The van der Waals surface area contributed by atoms with Gasteiger partial charge in [-0.1, -0.05) is 58.3 Å². The van der Waals surface area contributed by atoms with Gasteiger partial charge < -0.3 is 29.9 Å². The summed E-state index contributed by atoms with van der Waals surface area (Å²) in [4.78, 5) is 34.8. The standard InChI is InChI=1S/C22H42N2O6.2Na/c1-2-3-4-5-6-7-8-9-10-11-20(25)23-14-16-24(15-12-21(26)27)17-19-30-18-13-22(28)29;;/h2-19H2,1H3,(H,23,25)(H,26,27)(H,28,29);;/q;2*+1/p-2. The zero-order valence-corrected chi connectivity index (χ0v) is 24.6. The molecule has 1 amide bonds. The number of nitrogens with one attached hydrogen (secondary N) is 1. The van der Waals surface area contributed by atoms with Gasteiger partial charge >= 0.3 is 59.1 Å². The first kappa shape index (κ1) is 36.9. The summed E-state index contributed by atoms with van der Waals surface area (Å²) in [5, 5.41) is 23.9. The monoisotopic (exact) mass is 474 g/mol. The van der Waals surface area contributed by atoms with Crippen LogP contribution in [-0.4, -0.2) is 62.1 Å². The van der Waals surface area contributed by atoms with Crippen molar-refractivity contribution in [1.82, 2.24) is 10.2 Å². The van der Waals surface area contributed by atoms with Crippen molar-refractivity contribution in [1.29, 1.82) is 0 Å². The van der Waals surface area contributed by atoms with Crippen molar-refractivity contribution >= 4 is 17.8 Å². The Morgan fingerprint density at radius 2 is 1.28 bits per heavy atom. The van der Waals surface area contributed by atoms with E-state index in [4.69, 9.17) is 4.74 Å². The Labute approximate surface area is 238 Å². The van der Waals surface area contributed by atoms with Crippen LogP contribution in [0.15, 0.2) is 0 Å². The Kier molecular flexibility index (Phi) is 31.8. The smallest absolute Gasteiger partial charge is 0.550 e. The van der Waals surface area contributed by atoms with Crippen LogP contribution in [0.4, 0.5) is 0 Å². The number of ether oxygens (including phenoxy) is 1. The predicted molar refractivity (Wildman–Crippen MR) is 111 cm³/mol. The van der Waals surface area contributed by atoms with E-state index in [0.717, 1.165) is 12.8 Å². The minimum atomic E-state index is -1.17. The van der Waals surface area contributed by atoms with Crippen molar-refractivity contribution in [3.8, 4) is 0 Å². The van der Waals surface area contributed by atoms with Crippen molar-refractivity contribution < 1.29 is 88.4 Å². The minimum Gasteiger partial charge on any atom is -0.550 e. The number of carboxylic acids is 2. The fourth-order valence-corrected chi connectivity index (χ4v) is 3.07. The van der Waals surface area contributed by atoms with Crippen LogP contribution in [0.5, 0.6) is 0 Å². The third kappa shape index (κ3) is 28.4. The first-order valence-electron chi connectivity index (χ1n) is 11.4. The van der Waals surface area contributed by atoms with Gasteiger partial charge in [0, 0.05) is 51.0 Å². The maximum Gasteiger partial charge on any atom is 1.00 e. The van der Waals surface area contributed by atoms with Crippen molar-refractivity contribution in [2.24, 2.45) is 0 Å². The number of aliphatic carboxylic acids is 2. The number of hydrogen-bond donors (Lipinski definition) is 1. The Morgan fingerprint density at radius 3 is 1.84 bits per heavy atom. The van der Waals surface area contributed by atoms with Crippen LogP contribution in [-0.2, 0) is 19.1 Å². The molecule has 8 nitrogen and oxygen atoms in total. The second kappa shape index (κ2) is 27.6. The molecule has 0 unspecified atom stereocenters. The van der Waals surface area contributed by atoms with Crippen LogP contribution in [0.2, 0.25) is 0 Å². The van der Waals surface area contributed by atoms with E-state index in [1.807, 2.05) is 4.90 Å². The van der Waals surface area contributed by atoms with Gasteiger partial charge in [0.15, 0.2) is 0 Å². The van der Waals surface area contributed by atoms with E-state index in [-0.39, 0.29) is 91.1 Å². The first-order valence-corrected chi connectivity index (χ1v) is 11.4. The molecule has 1 N–H and O–H groups in total. The number of nitrogens with zero attached hydrogens (tertiary/aromatic N) is 1. The molecule has 0 bridgehead atoms. The van der Waals surface area contributed by atoms with Gasteiger partial charge in [0.1, 0.15) is 0 Å². The minimum absolute atomic E-state index is 0. The molecule has 176 valence electrons. The van der Waals surface area contributed by atoms with Crippen LogP contribution >= 0.6 is 0 Å². The van der Waals surface area contributed by atoms with E-state index in [2.05, 4.69) is 12.2 Å². The predicted octanol–water partition coefficient (Wildman–Crippen LogP) is -5.37. The van der Waals surface area contributed by atoms with Gasteiger partial charge in [0.2, 0.25) is 5.91 Å². The van der Waals surface area contributed by atoms with Crippen LogP contribution < -0.4 is 74.6 Å². The molecule has 0 aromatic carbocycles. The maximum atomic E-state index is 11.9. The molecule has 32 heavy (non-hydrogen) atoms. The largest absolute Gasteiger partial charge is 1.00 e. The molecule has 0 aromatic rings. The maximum absolute atomic E-state index is 11.9. The van der Waals surface area contributed by atoms with E-state index >= 15 is 0 Å². The summed E-state index contributed by atoms with van der Waals surface area (Å²) >= 11 is 0. The van der Waals surface area contributed by atoms with Crippen molar-refractivity contribution in [2.45, 2.75) is 84.0 Å². The van der Waals surface area contributed by atoms with Gasteiger partial charge in [-0.2, -0.15) is 0 Å². The van der Waals surface area contributed by atoms with Gasteiger partial charge in [0.05, 0.1) is 13.2 Å². The van der Waals surface area contributed by atoms with E-state index < -0.39 is 11.9 Å². The van der Waals surface area contributed by atoms with Gasteiger partial charge in [-0.25, -0.2) is 0 Å². The molecule has 0 rings (SSSR count). The number of carboxylic acid groups (broad SMARTS) is 2. The number of hydrogen-bond acceptors (Lipinski definition) is 7. The summed E-state index contributed by atoms with van der Waals surface area (Å²) in [5.41, 5.74) is 0. The van der Waals surface area contributed by atoms with Crippen LogP contribution in [0, 0.1) is 0 Å². The summed E-state index contributed by atoms with van der Waals surface area (Å²) in [6.07, 6.45) is 11.1. The Balaban J connectivity index is -0.00000420. The Morgan fingerprint density at radius 1 is 0.719 bits per heavy atom. The molecule has 0 aliphatic carbocycles. The number of carbonyl (C=O) groups excluding carboxylic acids is 3. The van der Waals surface area contributed by atoms with Crippen molar-refractivity contribution in [3.05, 3.63) is 0 Å². The molecule has 0 atom stereocenters. The fourth-order valence-electron chi connectivity index (χ4n) is 3.07. The Hall–Kier alpha value is 0.330. The third-order valence-corrected chi connectivity index (χ3v) is 4.89. The number of unbranched alkanes of at least 4 members (excludes halogenated alkanes) is 8. The van der Waals surface area contributed by atoms with Gasteiger partial charge in [0.25, 0.3) is 0 Å². The molecule has 0 saturated carbocycles. The normalized spacial score (nSPS) is 10.3.